The van der Waals surface area contributed by atoms with Crippen molar-refractivity contribution in [1.29, 1.82) is 0 Å². The second-order valence-corrected chi connectivity index (χ2v) is 8.03. The molecule has 144 valence electrons. The Morgan fingerprint density at radius 2 is 1.66 bits per heavy atom. The van der Waals surface area contributed by atoms with Crippen molar-refractivity contribution in [2.75, 3.05) is 6.54 Å². The van der Waals surface area contributed by atoms with Gasteiger partial charge >= 0.3 is 0 Å². The number of fused-ring (bicyclic) bond motifs is 1. The summed E-state index contributed by atoms with van der Waals surface area (Å²) >= 11 is 1.57. The Hall–Kier alpha value is -3.11. The predicted molar refractivity (Wildman–Crippen MR) is 120 cm³/mol. The van der Waals surface area contributed by atoms with Gasteiger partial charge in [0.25, 0.3) is 5.91 Å². The molecule has 0 aliphatic carbocycles. The fourth-order valence-corrected chi connectivity index (χ4v) is 4.01. The zero-order valence-electron chi connectivity index (χ0n) is 16.3. The second-order valence-electron chi connectivity index (χ2n) is 6.93. The average molecular weight is 399 g/mol. The molecule has 0 radical (unpaired) electrons. The van der Waals surface area contributed by atoms with Gasteiger partial charge in [-0.05, 0) is 43.2 Å². The Bertz CT molecular complexity index is 1120. The van der Waals surface area contributed by atoms with Gasteiger partial charge < -0.3 is 5.32 Å². The Kier molecular flexibility index (Phi) is 5.92. The number of aromatic nitrogens is 1. The third-order valence-electron chi connectivity index (χ3n) is 4.72. The van der Waals surface area contributed by atoms with Gasteiger partial charge in [0, 0.05) is 16.8 Å². The van der Waals surface area contributed by atoms with Crippen molar-refractivity contribution in [2.24, 2.45) is 0 Å². The van der Waals surface area contributed by atoms with Crippen molar-refractivity contribution in [3.8, 4) is 0 Å². The molecule has 4 aromatic rings. The zero-order valence-corrected chi connectivity index (χ0v) is 17.1. The van der Waals surface area contributed by atoms with Crippen LogP contribution in [0.5, 0.6) is 0 Å². The summed E-state index contributed by atoms with van der Waals surface area (Å²) in [6.07, 6.45) is 0.806. The highest BCUT2D eigenvalue weighted by Gasteiger charge is 2.13. The quantitative estimate of drug-likeness (QED) is 0.455. The molecule has 4 rings (SSSR count). The van der Waals surface area contributed by atoms with E-state index in [4.69, 9.17) is 4.98 Å². The van der Waals surface area contributed by atoms with Crippen molar-refractivity contribution < 1.29 is 4.79 Å². The molecule has 0 saturated heterocycles. The number of hydrogen-bond donors (Lipinski definition) is 1. The van der Waals surface area contributed by atoms with Crippen LogP contribution >= 0.6 is 11.8 Å². The van der Waals surface area contributed by atoms with Gasteiger partial charge in [0.1, 0.15) is 5.03 Å². The van der Waals surface area contributed by atoms with E-state index in [1.807, 2.05) is 48.5 Å². The Morgan fingerprint density at radius 3 is 2.45 bits per heavy atom. The van der Waals surface area contributed by atoms with Crippen LogP contribution in [0.3, 0.4) is 0 Å². The fraction of sp³-hybridized carbons (Fsp3) is 0.120. The first-order chi connectivity index (χ1) is 14.2. The number of nitrogens with zero attached hydrogens (tertiary/aromatic N) is 1. The van der Waals surface area contributed by atoms with Gasteiger partial charge in [-0.1, -0.05) is 78.0 Å². The molecule has 0 fully saturated rings. The van der Waals surface area contributed by atoms with E-state index in [0.29, 0.717) is 12.1 Å². The lowest BCUT2D eigenvalue weighted by Gasteiger charge is -2.10. The SMILES string of the molecule is Cc1ccc(Sc2cc(C(=O)NCCc3ccccc3)c3ccccc3n2)cc1. The Morgan fingerprint density at radius 1 is 0.931 bits per heavy atom. The van der Waals surface area contributed by atoms with E-state index in [-0.39, 0.29) is 5.91 Å². The summed E-state index contributed by atoms with van der Waals surface area (Å²) < 4.78 is 0. The van der Waals surface area contributed by atoms with Gasteiger partial charge in [0.05, 0.1) is 11.1 Å². The molecule has 0 unspecified atom stereocenters. The molecule has 1 amide bonds. The number of hydrogen-bond acceptors (Lipinski definition) is 3. The van der Waals surface area contributed by atoms with E-state index in [9.17, 15) is 4.79 Å². The second kappa shape index (κ2) is 8.93. The maximum absolute atomic E-state index is 13.0. The molecule has 0 aliphatic rings. The van der Waals surface area contributed by atoms with Gasteiger partial charge in [0.15, 0.2) is 0 Å². The van der Waals surface area contributed by atoms with E-state index in [1.54, 1.807) is 11.8 Å². The monoisotopic (exact) mass is 398 g/mol. The molecular formula is C25H22N2OS. The van der Waals surface area contributed by atoms with Crippen LogP contribution in [0.15, 0.2) is 94.9 Å². The molecule has 1 aromatic heterocycles. The van der Waals surface area contributed by atoms with Crippen LogP contribution < -0.4 is 5.32 Å². The van der Waals surface area contributed by atoms with Gasteiger partial charge in [-0.3, -0.25) is 4.79 Å². The summed E-state index contributed by atoms with van der Waals surface area (Å²) in [5.74, 6) is -0.0645. The van der Waals surface area contributed by atoms with E-state index in [2.05, 4.69) is 48.6 Å². The smallest absolute Gasteiger partial charge is 0.252 e. The average Bonchev–Trinajstić information content (AvgIpc) is 2.75. The lowest BCUT2D eigenvalue weighted by molar-refractivity contribution is 0.0955. The highest BCUT2D eigenvalue weighted by atomic mass is 32.2. The Balaban J connectivity index is 1.56. The first kappa shape index (κ1) is 19.2. The fourth-order valence-electron chi connectivity index (χ4n) is 3.18. The van der Waals surface area contributed by atoms with E-state index in [1.165, 1.54) is 11.1 Å². The standard InChI is InChI=1S/C25H22N2OS/c1-18-11-13-20(14-12-18)29-24-17-22(21-9-5-6-10-23(21)27-24)25(28)26-16-15-19-7-3-2-4-8-19/h2-14,17H,15-16H2,1H3,(H,26,28). The van der Waals surface area contributed by atoms with Crippen LogP contribution in [-0.2, 0) is 6.42 Å². The lowest BCUT2D eigenvalue weighted by Crippen LogP contribution is -2.26. The van der Waals surface area contributed by atoms with Crippen LogP contribution in [-0.4, -0.2) is 17.4 Å². The molecule has 0 aliphatic heterocycles. The van der Waals surface area contributed by atoms with Crippen molar-refractivity contribution >= 4 is 28.6 Å². The van der Waals surface area contributed by atoms with Crippen LogP contribution in [0, 0.1) is 6.92 Å². The predicted octanol–water partition coefficient (Wildman–Crippen LogP) is 5.67. The number of carbonyl (C=O) groups excluding carboxylic acids is 1. The van der Waals surface area contributed by atoms with E-state index < -0.39 is 0 Å². The topological polar surface area (TPSA) is 42.0 Å². The molecule has 0 spiro atoms. The summed E-state index contributed by atoms with van der Waals surface area (Å²) in [5, 5.41) is 4.76. The number of carbonyl (C=O) groups is 1. The van der Waals surface area contributed by atoms with Crippen LogP contribution in [0.2, 0.25) is 0 Å². The summed E-state index contributed by atoms with van der Waals surface area (Å²) in [5.41, 5.74) is 3.93. The lowest BCUT2D eigenvalue weighted by atomic mass is 10.1. The number of aryl methyl sites for hydroxylation is 1. The minimum Gasteiger partial charge on any atom is -0.352 e. The highest BCUT2D eigenvalue weighted by molar-refractivity contribution is 7.99. The molecule has 3 aromatic carbocycles. The first-order valence-corrected chi connectivity index (χ1v) is 10.5. The summed E-state index contributed by atoms with van der Waals surface area (Å²) in [7, 11) is 0. The summed E-state index contributed by atoms with van der Waals surface area (Å²) in [6, 6.07) is 28.2. The number of benzene rings is 3. The molecule has 1 N–H and O–H groups in total. The molecule has 3 nitrogen and oxygen atoms in total. The molecule has 0 bridgehead atoms. The van der Waals surface area contributed by atoms with Crippen LogP contribution in [0.1, 0.15) is 21.5 Å². The van der Waals surface area contributed by atoms with Gasteiger partial charge in [-0.2, -0.15) is 0 Å². The van der Waals surface area contributed by atoms with E-state index >= 15 is 0 Å². The molecule has 4 heteroatoms. The zero-order chi connectivity index (χ0) is 20.1. The summed E-state index contributed by atoms with van der Waals surface area (Å²) in [6.45, 7) is 2.67. The third kappa shape index (κ3) is 4.84. The van der Waals surface area contributed by atoms with Crippen LogP contribution in [0.4, 0.5) is 0 Å². The minimum absolute atomic E-state index is 0.0645. The van der Waals surface area contributed by atoms with Crippen molar-refractivity contribution in [2.45, 2.75) is 23.3 Å². The van der Waals surface area contributed by atoms with Gasteiger partial charge in [0.2, 0.25) is 0 Å². The van der Waals surface area contributed by atoms with Gasteiger partial charge in [-0.15, -0.1) is 0 Å². The summed E-state index contributed by atoms with van der Waals surface area (Å²) in [4.78, 5) is 18.8. The number of rotatable bonds is 6. The third-order valence-corrected chi connectivity index (χ3v) is 5.65. The number of amides is 1. The normalized spacial score (nSPS) is 10.8. The molecule has 0 atom stereocenters. The van der Waals surface area contributed by atoms with Crippen molar-refractivity contribution in [3.05, 3.63) is 102 Å². The van der Waals surface area contributed by atoms with Crippen LogP contribution in [0.25, 0.3) is 10.9 Å². The number of nitrogens with one attached hydrogen (secondary N) is 1. The largest absolute Gasteiger partial charge is 0.352 e. The number of pyridine rings is 1. The van der Waals surface area contributed by atoms with Crippen molar-refractivity contribution in [3.63, 3.8) is 0 Å². The number of para-hydroxylation sites is 1. The van der Waals surface area contributed by atoms with E-state index in [0.717, 1.165) is 27.2 Å². The maximum atomic E-state index is 13.0. The molecule has 1 heterocycles. The minimum atomic E-state index is -0.0645. The highest BCUT2D eigenvalue weighted by Crippen LogP contribution is 2.30. The maximum Gasteiger partial charge on any atom is 0.252 e. The molecular weight excluding hydrogens is 376 g/mol. The molecule has 0 saturated carbocycles. The molecule has 29 heavy (non-hydrogen) atoms. The Labute approximate surface area is 175 Å². The van der Waals surface area contributed by atoms with Gasteiger partial charge in [-0.25, -0.2) is 4.98 Å². The van der Waals surface area contributed by atoms with Crippen molar-refractivity contribution in [1.82, 2.24) is 10.3 Å². The first-order valence-electron chi connectivity index (χ1n) is 9.65.